The maximum absolute atomic E-state index is 8.32. The summed E-state index contributed by atoms with van der Waals surface area (Å²) in [7, 11) is 0. The van der Waals surface area contributed by atoms with Crippen LogP contribution in [0.25, 0.3) is 0 Å². The van der Waals surface area contributed by atoms with Crippen LogP contribution in [-0.4, -0.2) is 12.6 Å². The summed E-state index contributed by atoms with van der Waals surface area (Å²) in [5.74, 6) is 2.57. The molecule has 0 aliphatic heterocycles. The zero-order chi connectivity index (χ0) is 8.53. The molecule has 2 heteroatoms. The summed E-state index contributed by atoms with van der Waals surface area (Å²) in [6.07, 6.45) is 7.44. The second-order valence-corrected chi connectivity index (χ2v) is 2.53. The van der Waals surface area contributed by atoms with Crippen LogP contribution in [0, 0.1) is 23.7 Å². The normalized spacial score (nSPS) is 11.5. The lowest BCUT2D eigenvalue weighted by molar-refractivity contribution is 0.548. The molecule has 0 aromatic carbocycles. The van der Waals surface area contributed by atoms with E-state index in [9.17, 15) is 0 Å². The molecule has 0 spiro atoms. The molecular formula is C9H14N2. The lowest BCUT2D eigenvalue weighted by Crippen LogP contribution is -2.26. The fraction of sp³-hybridized carbons (Fsp3) is 0.667. The molecule has 0 aromatic rings. The second kappa shape index (κ2) is 7.12. The van der Waals surface area contributed by atoms with Gasteiger partial charge in [-0.3, -0.25) is 0 Å². The molecule has 0 saturated heterocycles. The molecule has 0 fully saturated rings. The number of rotatable bonds is 5. The van der Waals surface area contributed by atoms with Crippen molar-refractivity contribution in [2.45, 2.75) is 32.2 Å². The van der Waals surface area contributed by atoms with Crippen molar-refractivity contribution < 1.29 is 0 Å². The largest absolute Gasteiger partial charge is 0.313 e. The van der Waals surface area contributed by atoms with E-state index in [2.05, 4.69) is 17.3 Å². The Kier molecular flexibility index (Phi) is 6.48. The van der Waals surface area contributed by atoms with Gasteiger partial charge < -0.3 is 5.32 Å². The Hall–Kier alpha value is -0.990. The molecule has 11 heavy (non-hydrogen) atoms. The summed E-state index contributed by atoms with van der Waals surface area (Å²) < 4.78 is 0. The van der Waals surface area contributed by atoms with E-state index in [1.165, 1.54) is 0 Å². The third-order valence-electron chi connectivity index (χ3n) is 1.39. The van der Waals surface area contributed by atoms with Gasteiger partial charge in [0.1, 0.15) is 0 Å². The first-order valence-electron chi connectivity index (χ1n) is 3.85. The summed E-state index contributed by atoms with van der Waals surface area (Å²) in [6, 6.07) is 2.40. The van der Waals surface area contributed by atoms with Gasteiger partial charge in [-0.2, -0.15) is 5.26 Å². The third kappa shape index (κ3) is 6.90. The third-order valence-corrected chi connectivity index (χ3v) is 1.39. The molecule has 0 aromatic heterocycles. The molecule has 60 valence electrons. The Labute approximate surface area is 68.6 Å². The number of nitriles is 1. The average Bonchev–Trinajstić information content (AvgIpc) is 1.99. The van der Waals surface area contributed by atoms with Crippen LogP contribution in [0.15, 0.2) is 0 Å². The van der Waals surface area contributed by atoms with E-state index >= 15 is 0 Å². The fourth-order valence-corrected chi connectivity index (χ4v) is 0.748. The Balaban J connectivity index is 3.13. The Morgan fingerprint density at radius 2 is 2.36 bits per heavy atom. The van der Waals surface area contributed by atoms with Crippen LogP contribution in [-0.2, 0) is 0 Å². The van der Waals surface area contributed by atoms with Gasteiger partial charge in [0, 0.05) is 12.5 Å². The first kappa shape index (κ1) is 10.0. The van der Waals surface area contributed by atoms with Crippen molar-refractivity contribution >= 4 is 0 Å². The minimum Gasteiger partial charge on any atom is -0.313 e. The summed E-state index contributed by atoms with van der Waals surface area (Å²) in [6.45, 7) is 2.91. The van der Waals surface area contributed by atoms with Crippen LogP contribution in [0.4, 0.5) is 0 Å². The number of hydrogen-bond donors (Lipinski definition) is 1. The van der Waals surface area contributed by atoms with Gasteiger partial charge in [-0.1, -0.05) is 0 Å². The highest BCUT2D eigenvalue weighted by atomic mass is 14.9. The number of unbranched alkanes of at least 4 members (excludes halogenated alkanes) is 1. The van der Waals surface area contributed by atoms with Crippen LogP contribution in [0.5, 0.6) is 0 Å². The Morgan fingerprint density at radius 3 is 2.91 bits per heavy atom. The molecule has 0 amide bonds. The SMILES string of the molecule is C#CCCCNC(C)CC#N. The van der Waals surface area contributed by atoms with E-state index in [1.807, 2.05) is 6.92 Å². The van der Waals surface area contributed by atoms with Gasteiger partial charge in [0.2, 0.25) is 0 Å². The molecule has 2 nitrogen and oxygen atoms in total. The van der Waals surface area contributed by atoms with E-state index in [4.69, 9.17) is 11.7 Å². The van der Waals surface area contributed by atoms with Crippen molar-refractivity contribution in [3.63, 3.8) is 0 Å². The molecule has 0 rings (SSSR count). The van der Waals surface area contributed by atoms with Crippen LogP contribution < -0.4 is 5.32 Å². The maximum atomic E-state index is 8.32. The Bertz CT molecular complexity index is 161. The molecule has 0 heterocycles. The second-order valence-electron chi connectivity index (χ2n) is 2.53. The predicted octanol–water partition coefficient (Wildman–Crippen LogP) is 1.29. The molecule has 0 aliphatic carbocycles. The number of nitrogens with zero attached hydrogens (tertiary/aromatic N) is 1. The van der Waals surface area contributed by atoms with Crippen LogP contribution in [0.2, 0.25) is 0 Å². The van der Waals surface area contributed by atoms with Gasteiger partial charge in [0.05, 0.1) is 12.5 Å². The minimum atomic E-state index is 0.290. The molecule has 0 aliphatic rings. The van der Waals surface area contributed by atoms with Gasteiger partial charge >= 0.3 is 0 Å². The quantitative estimate of drug-likeness (QED) is 0.473. The van der Waals surface area contributed by atoms with E-state index in [0.717, 1.165) is 19.4 Å². The monoisotopic (exact) mass is 150 g/mol. The molecule has 0 radical (unpaired) electrons. The van der Waals surface area contributed by atoms with Gasteiger partial charge in [-0.25, -0.2) is 0 Å². The maximum Gasteiger partial charge on any atom is 0.0638 e. The van der Waals surface area contributed by atoms with E-state index in [1.54, 1.807) is 0 Å². The number of terminal acetylenes is 1. The van der Waals surface area contributed by atoms with Crippen molar-refractivity contribution in [1.82, 2.24) is 5.32 Å². The Morgan fingerprint density at radius 1 is 1.64 bits per heavy atom. The molecule has 1 atom stereocenters. The first-order valence-corrected chi connectivity index (χ1v) is 3.85. The molecule has 1 unspecified atom stereocenters. The molecular weight excluding hydrogens is 136 g/mol. The summed E-state index contributed by atoms with van der Waals surface area (Å²) in [5, 5.41) is 11.5. The van der Waals surface area contributed by atoms with Crippen molar-refractivity contribution in [2.24, 2.45) is 0 Å². The van der Waals surface area contributed by atoms with Crippen molar-refractivity contribution in [1.29, 1.82) is 5.26 Å². The van der Waals surface area contributed by atoms with Crippen LogP contribution in [0.3, 0.4) is 0 Å². The highest BCUT2D eigenvalue weighted by Crippen LogP contribution is 1.89. The highest BCUT2D eigenvalue weighted by Gasteiger charge is 1.97. The predicted molar refractivity (Wildman–Crippen MR) is 45.8 cm³/mol. The summed E-state index contributed by atoms with van der Waals surface area (Å²) in [5.41, 5.74) is 0. The fourth-order valence-electron chi connectivity index (χ4n) is 0.748. The molecule has 0 bridgehead atoms. The lowest BCUT2D eigenvalue weighted by Gasteiger charge is -2.07. The smallest absolute Gasteiger partial charge is 0.0638 e. The summed E-state index contributed by atoms with van der Waals surface area (Å²) in [4.78, 5) is 0. The van der Waals surface area contributed by atoms with Crippen LogP contribution in [0.1, 0.15) is 26.2 Å². The van der Waals surface area contributed by atoms with Gasteiger partial charge in [0.15, 0.2) is 0 Å². The summed E-state index contributed by atoms with van der Waals surface area (Å²) >= 11 is 0. The van der Waals surface area contributed by atoms with E-state index in [0.29, 0.717) is 6.42 Å². The van der Waals surface area contributed by atoms with Crippen molar-refractivity contribution in [3.8, 4) is 18.4 Å². The van der Waals surface area contributed by atoms with Crippen molar-refractivity contribution in [3.05, 3.63) is 0 Å². The highest BCUT2D eigenvalue weighted by molar-refractivity contribution is 4.84. The van der Waals surface area contributed by atoms with Gasteiger partial charge in [-0.15, -0.1) is 12.3 Å². The zero-order valence-electron chi connectivity index (χ0n) is 6.93. The number of hydrogen-bond acceptors (Lipinski definition) is 2. The van der Waals surface area contributed by atoms with Gasteiger partial charge in [-0.05, 0) is 19.9 Å². The number of nitrogens with one attached hydrogen (secondary N) is 1. The average molecular weight is 150 g/mol. The van der Waals surface area contributed by atoms with Gasteiger partial charge in [0.25, 0.3) is 0 Å². The minimum absolute atomic E-state index is 0.290. The molecule has 0 saturated carbocycles. The van der Waals surface area contributed by atoms with Crippen LogP contribution >= 0.6 is 0 Å². The first-order chi connectivity index (χ1) is 5.31. The standard InChI is InChI=1S/C9H14N2/c1-3-4-5-8-11-9(2)6-7-10/h1,9,11H,4-6,8H2,2H3. The topological polar surface area (TPSA) is 35.8 Å². The van der Waals surface area contributed by atoms with E-state index < -0.39 is 0 Å². The van der Waals surface area contributed by atoms with Crippen molar-refractivity contribution in [2.75, 3.05) is 6.54 Å². The lowest BCUT2D eigenvalue weighted by atomic mass is 10.2. The molecule has 1 N–H and O–H groups in total. The van der Waals surface area contributed by atoms with E-state index in [-0.39, 0.29) is 6.04 Å². The zero-order valence-corrected chi connectivity index (χ0v) is 6.93.